The van der Waals surface area contributed by atoms with Crippen LogP contribution in [0.15, 0.2) is 0 Å². The Kier molecular flexibility index (Phi) is 165. The fraction of sp³-hybridized carbons (Fsp3) is 0.500. The molecule has 0 bridgehead atoms. The van der Waals surface area contributed by atoms with Crippen molar-refractivity contribution >= 4 is 0 Å². The molecule has 0 unspecified atom stereocenters. The van der Waals surface area contributed by atoms with Crippen molar-refractivity contribution in [2.75, 3.05) is 0 Å². The average molecular weight is 136 g/mol. The van der Waals surface area contributed by atoms with Gasteiger partial charge in [0, 0.05) is 32.7 Å². The molecule has 0 fully saturated rings. The van der Waals surface area contributed by atoms with Crippen LogP contribution in [0, 0.1) is 6.92 Å². The first-order valence-corrected chi connectivity index (χ1v) is 0.707. The summed E-state index contributed by atoms with van der Waals surface area (Å²) >= 11 is 0. The average Bonchev–Trinajstić information content (AvgIpc) is 1.00. The second-order valence-electron chi connectivity index (χ2n) is 0. The third-order valence-electron chi connectivity index (χ3n) is 0. The SMILES string of the molecule is O.[CH2-]C.[Y]. The predicted molar refractivity (Wildman–Crippen MR) is 14.6 cm³/mol. The van der Waals surface area contributed by atoms with E-state index in [-0.39, 0.29) is 38.2 Å². The molecule has 0 saturated carbocycles. The number of rotatable bonds is 0. The quantitative estimate of drug-likeness (QED) is 0.420. The van der Waals surface area contributed by atoms with Gasteiger partial charge in [0.05, 0.1) is 0 Å². The van der Waals surface area contributed by atoms with Crippen LogP contribution in [0.25, 0.3) is 0 Å². The summed E-state index contributed by atoms with van der Waals surface area (Å²) in [4.78, 5) is 0. The van der Waals surface area contributed by atoms with Gasteiger partial charge in [0.1, 0.15) is 0 Å². The van der Waals surface area contributed by atoms with Crippen LogP contribution in [-0.4, -0.2) is 5.48 Å². The first-order valence-electron chi connectivity index (χ1n) is 0.707. The molecule has 0 aliphatic carbocycles. The Labute approximate surface area is 52.0 Å². The van der Waals surface area contributed by atoms with E-state index in [9.17, 15) is 0 Å². The van der Waals surface area contributed by atoms with Gasteiger partial charge in [-0.2, -0.15) is 6.92 Å². The van der Waals surface area contributed by atoms with E-state index in [0.717, 1.165) is 0 Å². The molecule has 4 heavy (non-hydrogen) atoms. The van der Waals surface area contributed by atoms with Crippen LogP contribution in [0.5, 0.6) is 0 Å². The van der Waals surface area contributed by atoms with Gasteiger partial charge in [-0.25, -0.2) is 0 Å². The third-order valence-corrected chi connectivity index (χ3v) is 0. The molecule has 2 heteroatoms. The summed E-state index contributed by atoms with van der Waals surface area (Å²) in [5, 5.41) is 0. The maximum Gasteiger partial charge on any atom is 0 e. The van der Waals surface area contributed by atoms with E-state index in [1.807, 2.05) is 0 Å². The molecule has 1 radical (unpaired) electrons. The largest absolute Gasteiger partial charge is 0.412 e. The fourth-order valence-corrected chi connectivity index (χ4v) is 0. The van der Waals surface area contributed by atoms with Gasteiger partial charge >= 0.3 is 0 Å². The van der Waals surface area contributed by atoms with Crippen molar-refractivity contribution in [2.45, 2.75) is 6.92 Å². The van der Waals surface area contributed by atoms with E-state index < -0.39 is 0 Å². The molecule has 25 valence electrons. The minimum absolute atomic E-state index is 0. The second-order valence-corrected chi connectivity index (χ2v) is 0. The zero-order valence-electron chi connectivity index (χ0n) is 2.78. The van der Waals surface area contributed by atoms with Gasteiger partial charge in [0.25, 0.3) is 0 Å². The van der Waals surface area contributed by atoms with E-state index >= 15 is 0 Å². The molecule has 0 saturated heterocycles. The van der Waals surface area contributed by atoms with Gasteiger partial charge in [0.2, 0.25) is 0 Å². The van der Waals surface area contributed by atoms with Crippen LogP contribution in [0.4, 0.5) is 0 Å². The summed E-state index contributed by atoms with van der Waals surface area (Å²) in [6, 6.07) is 0. The third kappa shape index (κ3) is 11.5. The zero-order valence-corrected chi connectivity index (χ0v) is 5.62. The van der Waals surface area contributed by atoms with Crippen LogP contribution in [0.3, 0.4) is 0 Å². The maximum absolute atomic E-state index is 3.25. The van der Waals surface area contributed by atoms with Crippen LogP contribution in [0.2, 0.25) is 0 Å². The molecule has 0 aliphatic rings. The van der Waals surface area contributed by atoms with Gasteiger partial charge in [0.15, 0.2) is 0 Å². The van der Waals surface area contributed by atoms with Crippen molar-refractivity contribution in [1.82, 2.24) is 0 Å². The Balaban J connectivity index is -0.00000000500. The standard InChI is InChI=1S/C2H5.H2O.Y/c1-2;;/h1H2,2H3;1H2;/q-1;;. The van der Waals surface area contributed by atoms with Crippen molar-refractivity contribution in [3.8, 4) is 0 Å². The predicted octanol–water partition coefficient (Wildman–Crippen LogP) is 0.0132. The maximum atomic E-state index is 3.25. The first kappa shape index (κ1) is 19.6. The minimum Gasteiger partial charge on any atom is -0.412 e. The van der Waals surface area contributed by atoms with E-state index in [1.54, 1.807) is 6.92 Å². The summed E-state index contributed by atoms with van der Waals surface area (Å²) in [6.45, 7) is 5.00. The molecule has 0 aliphatic heterocycles. The van der Waals surface area contributed by atoms with Crippen LogP contribution < -0.4 is 0 Å². The topological polar surface area (TPSA) is 31.5 Å². The second kappa shape index (κ2) is 33.7. The summed E-state index contributed by atoms with van der Waals surface area (Å²) in [6.07, 6.45) is 0. The normalized spacial score (nSPS) is 1.50. The molecule has 0 rings (SSSR count). The Morgan fingerprint density at radius 1 is 1.25 bits per heavy atom. The van der Waals surface area contributed by atoms with Crippen molar-refractivity contribution in [2.24, 2.45) is 0 Å². The molecule has 0 heterocycles. The summed E-state index contributed by atoms with van der Waals surface area (Å²) in [5.74, 6) is 0. The smallest absolute Gasteiger partial charge is 0 e. The zero-order chi connectivity index (χ0) is 2.00. The van der Waals surface area contributed by atoms with Crippen molar-refractivity contribution in [3.05, 3.63) is 6.92 Å². The van der Waals surface area contributed by atoms with Gasteiger partial charge in [-0.1, -0.05) is 0 Å². The Morgan fingerprint density at radius 2 is 1.25 bits per heavy atom. The molecule has 0 spiro atoms. The van der Waals surface area contributed by atoms with E-state index in [2.05, 4.69) is 6.92 Å². The van der Waals surface area contributed by atoms with E-state index in [4.69, 9.17) is 0 Å². The molecule has 1 nitrogen and oxygen atoms in total. The van der Waals surface area contributed by atoms with E-state index in [0.29, 0.717) is 0 Å². The molecule has 0 aromatic carbocycles. The van der Waals surface area contributed by atoms with Crippen LogP contribution in [0.1, 0.15) is 6.92 Å². The van der Waals surface area contributed by atoms with Crippen LogP contribution >= 0.6 is 0 Å². The minimum atomic E-state index is 0. The summed E-state index contributed by atoms with van der Waals surface area (Å²) in [5.41, 5.74) is 0. The summed E-state index contributed by atoms with van der Waals surface area (Å²) in [7, 11) is 0. The van der Waals surface area contributed by atoms with Crippen molar-refractivity contribution in [3.63, 3.8) is 0 Å². The van der Waals surface area contributed by atoms with Gasteiger partial charge in [-0.15, -0.1) is 0 Å². The van der Waals surface area contributed by atoms with Gasteiger partial charge in [-0.05, 0) is 0 Å². The molecule has 0 atom stereocenters. The van der Waals surface area contributed by atoms with Crippen molar-refractivity contribution < 1.29 is 38.2 Å². The monoisotopic (exact) mass is 136 g/mol. The Hall–Kier alpha value is 1.06. The molecule has 0 aromatic rings. The molecule has 0 aromatic heterocycles. The molecular formula is C2H7OY-. The number of hydrogen-bond acceptors (Lipinski definition) is 0. The Bertz CT molecular complexity index is 6.00. The van der Waals surface area contributed by atoms with Crippen molar-refractivity contribution in [1.29, 1.82) is 0 Å². The molecule has 0 amide bonds. The molecule has 2 N–H and O–H groups in total. The van der Waals surface area contributed by atoms with Crippen LogP contribution in [-0.2, 0) is 32.7 Å². The molecular weight excluding hydrogens is 129 g/mol. The van der Waals surface area contributed by atoms with Gasteiger partial charge < -0.3 is 12.4 Å². The Morgan fingerprint density at radius 3 is 1.25 bits per heavy atom. The van der Waals surface area contributed by atoms with Gasteiger partial charge in [-0.3, -0.25) is 0 Å². The van der Waals surface area contributed by atoms with E-state index in [1.165, 1.54) is 0 Å². The first-order chi connectivity index (χ1) is 1.00. The fourth-order valence-electron chi connectivity index (χ4n) is 0. The number of hydrogen-bond donors (Lipinski definition) is 0. The summed E-state index contributed by atoms with van der Waals surface area (Å²) < 4.78 is 0.